The zero-order chi connectivity index (χ0) is 9.64. The molecule has 1 unspecified atom stereocenters. The normalized spacial score (nSPS) is 28.9. The Morgan fingerprint density at radius 1 is 0.800 bits per heavy atom. The van der Waals surface area contributed by atoms with Gasteiger partial charge in [0.2, 0.25) is 0 Å². The number of rotatable bonds is 1. The van der Waals surface area contributed by atoms with Gasteiger partial charge in [0.25, 0.3) is 0 Å². The highest BCUT2D eigenvalue weighted by atomic mass is 35.5. The summed E-state index contributed by atoms with van der Waals surface area (Å²) in [6.45, 7) is 2.74. The van der Waals surface area contributed by atoms with Crippen molar-refractivity contribution in [3.63, 3.8) is 0 Å². The van der Waals surface area contributed by atoms with E-state index in [0.717, 1.165) is 6.04 Å². The molecule has 2 heteroatoms. The second-order valence-electron chi connectivity index (χ2n) is 4.73. The van der Waals surface area contributed by atoms with Crippen molar-refractivity contribution >= 4 is 12.4 Å². The van der Waals surface area contributed by atoms with Crippen LogP contribution in [0.3, 0.4) is 0 Å². The molecule has 1 aliphatic heterocycles. The van der Waals surface area contributed by atoms with Crippen LogP contribution in [0.2, 0.25) is 0 Å². The number of likely N-dealkylation sites (tertiary alicyclic amines) is 1. The van der Waals surface area contributed by atoms with Crippen LogP contribution in [0.25, 0.3) is 0 Å². The summed E-state index contributed by atoms with van der Waals surface area (Å²) in [6, 6.07) is 0.903. The van der Waals surface area contributed by atoms with Gasteiger partial charge in [-0.15, -0.1) is 12.4 Å². The summed E-state index contributed by atoms with van der Waals surface area (Å²) in [5, 5.41) is 0. The van der Waals surface area contributed by atoms with Crippen molar-refractivity contribution in [1.29, 1.82) is 0 Å². The van der Waals surface area contributed by atoms with Gasteiger partial charge in [0.05, 0.1) is 0 Å². The van der Waals surface area contributed by atoms with Crippen LogP contribution in [-0.4, -0.2) is 24.0 Å². The molecule has 0 aromatic rings. The molecule has 1 aliphatic carbocycles. The molecule has 1 nitrogen and oxygen atoms in total. The maximum absolute atomic E-state index is 2.75. The second-order valence-corrected chi connectivity index (χ2v) is 4.73. The van der Waals surface area contributed by atoms with E-state index in [0.29, 0.717) is 0 Å². The van der Waals surface area contributed by atoms with Gasteiger partial charge in [-0.05, 0) is 58.0 Å². The summed E-state index contributed by atoms with van der Waals surface area (Å²) in [5.74, 6) is 0. The second kappa shape index (κ2) is 7.29. The lowest BCUT2D eigenvalue weighted by Crippen LogP contribution is -2.39. The van der Waals surface area contributed by atoms with Crippen molar-refractivity contribution in [2.75, 3.05) is 13.1 Å². The topological polar surface area (TPSA) is 3.24 Å². The highest BCUT2D eigenvalue weighted by molar-refractivity contribution is 5.85. The Hall–Kier alpha value is -0.0100. The molecular formula is C13H24ClN. The minimum atomic E-state index is 0. The molecule has 0 aromatic heterocycles. The first-order valence-electron chi connectivity index (χ1n) is 6.36. The van der Waals surface area contributed by atoms with Crippen LogP contribution >= 0.6 is 12.4 Å². The smallest absolute Gasteiger partial charge is 0.00983 e. The molecule has 0 radical (unpaired) electrons. The molecule has 1 atom stereocenters. The summed E-state index contributed by atoms with van der Waals surface area (Å²) in [4.78, 5) is 2.75. The largest absolute Gasteiger partial charge is 0.300 e. The molecule has 0 spiro atoms. The number of halogens is 1. The van der Waals surface area contributed by atoms with E-state index in [9.17, 15) is 0 Å². The van der Waals surface area contributed by atoms with Crippen LogP contribution in [0.5, 0.6) is 0 Å². The Labute approximate surface area is 100 Å². The Morgan fingerprint density at radius 3 is 2.33 bits per heavy atom. The van der Waals surface area contributed by atoms with Gasteiger partial charge in [-0.2, -0.15) is 0 Å². The van der Waals surface area contributed by atoms with Crippen LogP contribution < -0.4 is 0 Å². The quantitative estimate of drug-likeness (QED) is 0.619. The molecule has 0 aromatic carbocycles. The van der Waals surface area contributed by atoms with E-state index in [4.69, 9.17) is 0 Å². The molecule has 0 bridgehead atoms. The lowest BCUT2D eigenvalue weighted by molar-refractivity contribution is 0.146. The SMILES string of the molecule is C1=CCCC(N2CCCCC2)CCC1.Cl. The van der Waals surface area contributed by atoms with Crippen LogP contribution in [0, 0.1) is 0 Å². The molecule has 0 N–H and O–H groups in total. The monoisotopic (exact) mass is 229 g/mol. The van der Waals surface area contributed by atoms with E-state index < -0.39 is 0 Å². The summed E-state index contributed by atoms with van der Waals surface area (Å²) in [6.07, 6.45) is 15.9. The van der Waals surface area contributed by atoms with Crippen molar-refractivity contribution in [2.45, 2.75) is 57.4 Å². The molecule has 1 fully saturated rings. The maximum atomic E-state index is 2.75. The molecule has 15 heavy (non-hydrogen) atoms. The van der Waals surface area contributed by atoms with Gasteiger partial charge < -0.3 is 4.90 Å². The third kappa shape index (κ3) is 4.16. The predicted molar refractivity (Wildman–Crippen MR) is 68.7 cm³/mol. The molecule has 2 rings (SSSR count). The molecule has 88 valence electrons. The van der Waals surface area contributed by atoms with Gasteiger partial charge in [-0.1, -0.05) is 18.6 Å². The van der Waals surface area contributed by atoms with Crippen molar-refractivity contribution < 1.29 is 0 Å². The van der Waals surface area contributed by atoms with Crippen molar-refractivity contribution in [2.24, 2.45) is 0 Å². The molecule has 1 saturated heterocycles. The lowest BCUT2D eigenvalue weighted by Gasteiger charge is -2.35. The standard InChI is InChI=1S/C13H23N.ClH/c1-2-5-9-13(10-6-3-1)14-11-7-4-8-12-14;/h1-2,13H,3-12H2;1H. The highest BCUT2D eigenvalue weighted by Gasteiger charge is 2.19. The number of allylic oxidation sites excluding steroid dienone is 2. The average molecular weight is 230 g/mol. The summed E-state index contributed by atoms with van der Waals surface area (Å²) in [5.41, 5.74) is 0. The fraction of sp³-hybridized carbons (Fsp3) is 0.846. The van der Waals surface area contributed by atoms with E-state index in [1.54, 1.807) is 0 Å². The molecule has 1 heterocycles. The third-order valence-corrected chi connectivity index (χ3v) is 3.65. The van der Waals surface area contributed by atoms with Crippen LogP contribution in [0.15, 0.2) is 12.2 Å². The molecule has 0 amide bonds. The first-order valence-corrected chi connectivity index (χ1v) is 6.36. The Bertz CT molecular complexity index is 185. The van der Waals surface area contributed by atoms with Crippen molar-refractivity contribution in [3.05, 3.63) is 12.2 Å². The Kier molecular flexibility index (Phi) is 6.35. The van der Waals surface area contributed by atoms with Gasteiger partial charge >= 0.3 is 0 Å². The van der Waals surface area contributed by atoms with E-state index >= 15 is 0 Å². The van der Waals surface area contributed by atoms with Gasteiger partial charge in [-0.25, -0.2) is 0 Å². The predicted octanol–water partition coefficient (Wildman–Crippen LogP) is 3.78. The minimum Gasteiger partial charge on any atom is -0.300 e. The molecule has 0 saturated carbocycles. The van der Waals surface area contributed by atoms with Gasteiger partial charge in [-0.3, -0.25) is 0 Å². The molecular weight excluding hydrogens is 206 g/mol. The first kappa shape index (κ1) is 13.1. The van der Waals surface area contributed by atoms with Crippen LogP contribution in [0.1, 0.15) is 51.4 Å². The Morgan fingerprint density at radius 2 is 1.53 bits per heavy atom. The van der Waals surface area contributed by atoms with Crippen LogP contribution in [-0.2, 0) is 0 Å². The molecule has 2 aliphatic rings. The zero-order valence-corrected chi connectivity index (χ0v) is 10.5. The average Bonchev–Trinajstić information content (AvgIpc) is 2.18. The first-order chi connectivity index (χ1) is 6.97. The summed E-state index contributed by atoms with van der Waals surface area (Å²) in [7, 11) is 0. The maximum Gasteiger partial charge on any atom is 0.00983 e. The number of piperidine rings is 1. The van der Waals surface area contributed by atoms with Crippen molar-refractivity contribution in [1.82, 2.24) is 4.90 Å². The number of hydrogen-bond acceptors (Lipinski definition) is 1. The van der Waals surface area contributed by atoms with Crippen LogP contribution in [0.4, 0.5) is 0 Å². The van der Waals surface area contributed by atoms with E-state index in [2.05, 4.69) is 17.1 Å². The van der Waals surface area contributed by atoms with Crippen molar-refractivity contribution in [3.8, 4) is 0 Å². The Balaban J connectivity index is 0.00000112. The fourth-order valence-electron chi connectivity index (χ4n) is 2.79. The van der Waals surface area contributed by atoms with E-state index in [1.165, 1.54) is 64.5 Å². The van der Waals surface area contributed by atoms with Gasteiger partial charge in [0.15, 0.2) is 0 Å². The number of nitrogens with zero attached hydrogens (tertiary/aromatic N) is 1. The third-order valence-electron chi connectivity index (χ3n) is 3.65. The zero-order valence-electron chi connectivity index (χ0n) is 9.66. The van der Waals surface area contributed by atoms with E-state index in [1.807, 2.05) is 0 Å². The van der Waals surface area contributed by atoms with Gasteiger partial charge in [0, 0.05) is 6.04 Å². The summed E-state index contributed by atoms with van der Waals surface area (Å²) < 4.78 is 0. The highest BCUT2D eigenvalue weighted by Crippen LogP contribution is 2.21. The lowest BCUT2D eigenvalue weighted by atomic mass is 9.97. The van der Waals surface area contributed by atoms with E-state index in [-0.39, 0.29) is 12.4 Å². The summed E-state index contributed by atoms with van der Waals surface area (Å²) >= 11 is 0. The number of hydrogen-bond donors (Lipinski definition) is 0. The van der Waals surface area contributed by atoms with Gasteiger partial charge in [0.1, 0.15) is 0 Å². The fourth-order valence-corrected chi connectivity index (χ4v) is 2.79. The minimum absolute atomic E-state index is 0.